The maximum absolute atomic E-state index is 10.3. The summed E-state index contributed by atoms with van der Waals surface area (Å²) in [7, 11) is 0. The van der Waals surface area contributed by atoms with Gasteiger partial charge in [-0.05, 0) is 48.4 Å². The minimum Gasteiger partial charge on any atom is -0.388 e. The van der Waals surface area contributed by atoms with Crippen LogP contribution >= 0.6 is 0 Å². The molecule has 1 N–H and O–H groups in total. The van der Waals surface area contributed by atoms with Crippen molar-refractivity contribution in [2.24, 2.45) is 5.41 Å². The highest BCUT2D eigenvalue weighted by Gasteiger charge is 2.32. The van der Waals surface area contributed by atoms with Gasteiger partial charge in [0.2, 0.25) is 0 Å². The third-order valence-corrected chi connectivity index (χ3v) is 4.26. The molecule has 0 aliphatic heterocycles. The standard InChI is InChI=1S/C17H22N2O/c1-17(2)11-15-14(16(20)12-17)6-10-19(15)9-5-13-3-7-18-8-4-13/h3-4,6-8,10,16,20H,5,9,11-12H2,1-2H3. The molecular formula is C17H22N2O. The molecule has 0 aromatic carbocycles. The van der Waals surface area contributed by atoms with E-state index in [1.807, 2.05) is 12.4 Å². The molecule has 0 saturated heterocycles. The number of aryl methyl sites for hydroxylation is 2. The van der Waals surface area contributed by atoms with Gasteiger partial charge >= 0.3 is 0 Å². The molecule has 0 spiro atoms. The highest BCUT2D eigenvalue weighted by molar-refractivity contribution is 5.29. The average molecular weight is 270 g/mol. The van der Waals surface area contributed by atoms with Gasteiger partial charge in [-0.1, -0.05) is 13.8 Å². The molecule has 1 unspecified atom stereocenters. The number of pyridine rings is 1. The van der Waals surface area contributed by atoms with Crippen LogP contribution in [-0.2, 0) is 19.4 Å². The zero-order chi connectivity index (χ0) is 14.2. The van der Waals surface area contributed by atoms with E-state index in [2.05, 4.69) is 47.8 Å². The Labute approximate surface area is 120 Å². The van der Waals surface area contributed by atoms with Crippen LogP contribution in [0.15, 0.2) is 36.8 Å². The van der Waals surface area contributed by atoms with E-state index < -0.39 is 0 Å². The van der Waals surface area contributed by atoms with Crippen LogP contribution in [0.4, 0.5) is 0 Å². The third-order valence-electron chi connectivity index (χ3n) is 4.26. The molecule has 0 bridgehead atoms. The summed E-state index contributed by atoms with van der Waals surface area (Å²) in [5, 5.41) is 10.3. The second kappa shape index (κ2) is 5.06. The summed E-state index contributed by atoms with van der Waals surface area (Å²) in [4.78, 5) is 4.05. The van der Waals surface area contributed by atoms with Crippen LogP contribution in [0.2, 0.25) is 0 Å². The largest absolute Gasteiger partial charge is 0.388 e. The molecule has 0 radical (unpaired) electrons. The first-order chi connectivity index (χ1) is 9.55. The Kier molecular flexibility index (Phi) is 3.38. The maximum atomic E-state index is 10.3. The maximum Gasteiger partial charge on any atom is 0.0812 e. The first-order valence-corrected chi connectivity index (χ1v) is 7.30. The Morgan fingerprint density at radius 1 is 1.30 bits per heavy atom. The molecule has 2 heterocycles. The minimum absolute atomic E-state index is 0.180. The summed E-state index contributed by atoms with van der Waals surface area (Å²) in [6.07, 6.45) is 8.39. The van der Waals surface area contributed by atoms with Crippen molar-refractivity contribution < 1.29 is 5.11 Å². The van der Waals surface area contributed by atoms with Gasteiger partial charge in [0, 0.05) is 36.4 Å². The van der Waals surface area contributed by atoms with Crippen LogP contribution in [-0.4, -0.2) is 14.7 Å². The molecule has 0 amide bonds. The molecule has 1 atom stereocenters. The zero-order valence-electron chi connectivity index (χ0n) is 12.2. The van der Waals surface area contributed by atoms with Crippen LogP contribution in [0.1, 0.15) is 43.2 Å². The van der Waals surface area contributed by atoms with Gasteiger partial charge in [0.1, 0.15) is 0 Å². The number of nitrogens with zero attached hydrogens (tertiary/aromatic N) is 2. The van der Waals surface area contributed by atoms with Gasteiger partial charge in [-0.3, -0.25) is 4.98 Å². The van der Waals surface area contributed by atoms with E-state index in [9.17, 15) is 5.11 Å². The van der Waals surface area contributed by atoms with Gasteiger partial charge in [0.25, 0.3) is 0 Å². The lowest BCUT2D eigenvalue weighted by molar-refractivity contribution is 0.0979. The third kappa shape index (κ3) is 2.63. The van der Waals surface area contributed by atoms with Crippen LogP contribution < -0.4 is 0 Å². The minimum atomic E-state index is -0.309. The van der Waals surface area contributed by atoms with Gasteiger partial charge in [-0.25, -0.2) is 0 Å². The van der Waals surface area contributed by atoms with Crippen LogP contribution in [0, 0.1) is 5.41 Å². The van der Waals surface area contributed by atoms with E-state index in [0.717, 1.165) is 31.4 Å². The SMILES string of the molecule is CC1(C)Cc2c(ccn2CCc2ccncc2)C(O)C1. The number of aromatic nitrogens is 2. The lowest BCUT2D eigenvalue weighted by atomic mass is 9.75. The Balaban J connectivity index is 1.79. The van der Waals surface area contributed by atoms with Gasteiger partial charge in [0.15, 0.2) is 0 Å². The molecule has 2 aromatic heterocycles. The van der Waals surface area contributed by atoms with Gasteiger partial charge in [0.05, 0.1) is 6.10 Å². The predicted octanol–water partition coefficient (Wildman–Crippen LogP) is 3.13. The van der Waals surface area contributed by atoms with Crippen molar-refractivity contribution in [3.05, 3.63) is 53.6 Å². The fourth-order valence-corrected chi connectivity index (χ4v) is 3.20. The summed E-state index contributed by atoms with van der Waals surface area (Å²) < 4.78 is 2.31. The lowest BCUT2D eigenvalue weighted by Gasteiger charge is -2.34. The number of aliphatic hydroxyl groups is 1. The van der Waals surface area contributed by atoms with Crippen molar-refractivity contribution in [1.29, 1.82) is 0 Å². The highest BCUT2D eigenvalue weighted by Crippen LogP contribution is 2.41. The molecular weight excluding hydrogens is 248 g/mol. The molecule has 3 heteroatoms. The molecule has 0 saturated carbocycles. The first kappa shape index (κ1) is 13.4. The molecule has 1 aliphatic rings. The number of rotatable bonds is 3. The van der Waals surface area contributed by atoms with Gasteiger partial charge in [-0.2, -0.15) is 0 Å². The summed E-state index contributed by atoms with van der Waals surface area (Å²) in [5.41, 5.74) is 3.92. The van der Waals surface area contributed by atoms with Gasteiger partial charge < -0.3 is 9.67 Å². The molecule has 3 nitrogen and oxygen atoms in total. The summed E-state index contributed by atoms with van der Waals surface area (Å²) in [6.45, 7) is 5.43. The van der Waals surface area contributed by atoms with Crippen molar-refractivity contribution in [2.75, 3.05) is 0 Å². The van der Waals surface area contributed by atoms with Crippen molar-refractivity contribution in [1.82, 2.24) is 9.55 Å². The van der Waals surface area contributed by atoms with Crippen LogP contribution in [0.5, 0.6) is 0 Å². The van der Waals surface area contributed by atoms with Crippen molar-refractivity contribution in [3.63, 3.8) is 0 Å². The number of hydrogen-bond acceptors (Lipinski definition) is 2. The lowest BCUT2D eigenvalue weighted by Crippen LogP contribution is -2.27. The fraction of sp³-hybridized carbons (Fsp3) is 0.471. The zero-order valence-corrected chi connectivity index (χ0v) is 12.2. The Hall–Kier alpha value is -1.61. The van der Waals surface area contributed by atoms with E-state index in [0.29, 0.717) is 0 Å². The van der Waals surface area contributed by atoms with Gasteiger partial charge in [-0.15, -0.1) is 0 Å². The van der Waals surface area contributed by atoms with Crippen molar-refractivity contribution in [2.45, 2.75) is 45.8 Å². The Morgan fingerprint density at radius 2 is 2.05 bits per heavy atom. The van der Waals surface area contributed by atoms with E-state index in [4.69, 9.17) is 0 Å². The number of aliphatic hydroxyl groups excluding tert-OH is 1. The second-order valence-electron chi connectivity index (χ2n) is 6.58. The number of fused-ring (bicyclic) bond motifs is 1. The highest BCUT2D eigenvalue weighted by atomic mass is 16.3. The molecule has 1 aliphatic carbocycles. The summed E-state index contributed by atoms with van der Waals surface area (Å²) in [5.74, 6) is 0. The first-order valence-electron chi connectivity index (χ1n) is 7.30. The van der Waals surface area contributed by atoms with E-state index in [1.54, 1.807) is 0 Å². The van der Waals surface area contributed by atoms with Crippen LogP contribution in [0.3, 0.4) is 0 Å². The van der Waals surface area contributed by atoms with Crippen molar-refractivity contribution >= 4 is 0 Å². The smallest absolute Gasteiger partial charge is 0.0812 e. The van der Waals surface area contributed by atoms with Crippen LogP contribution in [0.25, 0.3) is 0 Å². The molecule has 3 rings (SSSR count). The predicted molar refractivity (Wildman–Crippen MR) is 79.4 cm³/mol. The summed E-state index contributed by atoms with van der Waals surface area (Å²) >= 11 is 0. The van der Waals surface area contributed by atoms with Crippen molar-refractivity contribution in [3.8, 4) is 0 Å². The Bertz CT molecular complexity index is 586. The normalized spacial score (nSPS) is 20.6. The molecule has 2 aromatic rings. The topological polar surface area (TPSA) is 38.0 Å². The second-order valence-corrected chi connectivity index (χ2v) is 6.58. The molecule has 0 fully saturated rings. The fourth-order valence-electron chi connectivity index (χ4n) is 3.20. The Morgan fingerprint density at radius 3 is 2.80 bits per heavy atom. The summed E-state index contributed by atoms with van der Waals surface area (Å²) in [6, 6.07) is 6.21. The molecule has 20 heavy (non-hydrogen) atoms. The van der Waals surface area contributed by atoms with E-state index >= 15 is 0 Å². The molecule has 106 valence electrons. The van der Waals surface area contributed by atoms with E-state index in [1.165, 1.54) is 11.3 Å². The quantitative estimate of drug-likeness (QED) is 0.930. The monoisotopic (exact) mass is 270 g/mol. The average Bonchev–Trinajstić information content (AvgIpc) is 2.79. The number of hydrogen-bond donors (Lipinski definition) is 1. The van der Waals surface area contributed by atoms with E-state index in [-0.39, 0.29) is 11.5 Å².